The predicted octanol–water partition coefficient (Wildman–Crippen LogP) is 2.28. The molecule has 11 heteroatoms. The Kier molecular flexibility index (Phi) is 6.93. The van der Waals surface area contributed by atoms with Gasteiger partial charge in [0.1, 0.15) is 29.5 Å². The molecule has 3 heterocycles. The summed E-state index contributed by atoms with van der Waals surface area (Å²) in [6, 6.07) is 22.7. The molecule has 1 aliphatic rings. The van der Waals surface area contributed by atoms with Crippen molar-refractivity contribution >= 4 is 28.0 Å². The molecule has 11 nitrogen and oxygen atoms in total. The van der Waals surface area contributed by atoms with Gasteiger partial charge in [0, 0.05) is 44.4 Å². The minimum Gasteiger partial charge on any atom is -0.491 e. The van der Waals surface area contributed by atoms with Gasteiger partial charge in [0.2, 0.25) is 5.89 Å². The number of para-hydroxylation sites is 1. The fourth-order valence-electron chi connectivity index (χ4n) is 4.96. The Morgan fingerprint density at radius 3 is 2.56 bits per heavy atom. The van der Waals surface area contributed by atoms with E-state index in [0.29, 0.717) is 61.0 Å². The van der Waals surface area contributed by atoms with Gasteiger partial charge in [0.15, 0.2) is 11.7 Å². The maximum Gasteiger partial charge on any atom is 0.257 e. The minimum atomic E-state index is -0.721. The lowest BCUT2D eigenvalue weighted by molar-refractivity contribution is -0.128. The maximum absolute atomic E-state index is 12.4. The number of carbonyl (C=O) groups is 1. The summed E-state index contributed by atoms with van der Waals surface area (Å²) in [4.78, 5) is 21.1. The number of amides is 1. The van der Waals surface area contributed by atoms with E-state index in [9.17, 15) is 9.90 Å². The fraction of sp³-hybridized carbons (Fsp3) is 0.286. The average Bonchev–Trinajstić information content (AvgIpc) is 3.58. The summed E-state index contributed by atoms with van der Waals surface area (Å²) in [6.07, 6.45) is -1.41. The first-order chi connectivity index (χ1) is 19.0. The number of primary amides is 1. The smallest absolute Gasteiger partial charge is 0.257 e. The number of aromatic nitrogens is 4. The molecule has 1 aliphatic heterocycles. The number of oxazole rings is 1. The van der Waals surface area contributed by atoms with Crippen molar-refractivity contribution < 1.29 is 19.1 Å². The SMILES string of the molecule is NC(=O)C(N1CCN(C[C@@H](O)COc2ccc3oc(-c4ccccc4)nc3c2)CC1)n1nnc2ccccc21. The molecular formula is C28H29N7O4. The van der Waals surface area contributed by atoms with E-state index in [1.165, 1.54) is 0 Å². The second-order valence-corrected chi connectivity index (χ2v) is 9.61. The molecule has 1 amide bonds. The van der Waals surface area contributed by atoms with E-state index in [1.807, 2.05) is 77.7 Å². The van der Waals surface area contributed by atoms with E-state index in [4.69, 9.17) is 14.9 Å². The first kappa shape index (κ1) is 25.0. The van der Waals surface area contributed by atoms with Gasteiger partial charge in [0.05, 0.1) is 5.52 Å². The molecule has 0 bridgehead atoms. The zero-order chi connectivity index (χ0) is 26.8. The second kappa shape index (κ2) is 10.8. The Morgan fingerprint density at radius 2 is 1.77 bits per heavy atom. The van der Waals surface area contributed by atoms with E-state index in [2.05, 4.69) is 20.2 Å². The zero-order valence-corrected chi connectivity index (χ0v) is 21.3. The highest BCUT2D eigenvalue weighted by Crippen LogP contribution is 2.27. The van der Waals surface area contributed by atoms with Gasteiger partial charge in [-0.2, -0.15) is 0 Å². The molecule has 0 saturated carbocycles. The van der Waals surface area contributed by atoms with Gasteiger partial charge in [-0.15, -0.1) is 5.10 Å². The van der Waals surface area contributed by atoms with Crippen molar-refractivity contribution in [2.24, 2.45) is 5.73 Å². The molecule has 2 aromatic heterocycles. The molecule has 6 rings (SSSR count). The van der Waals surface area contributed by atoms with Gasteiger partial charge >= 0.3 is 0 Å². The highest BCUT2D eigenvalue weighted by molar-refractivity contribution is 5.81. The fourth-order valence-corrected chi connectivity index (χ4v) is 4.96. The number of carbonyl (C=O) groups excluding carboxylic acids is 1. The number of benzene rings is 3. The summed E-state index contributed by atoms with van der Waals surface area (Å²) >= 11 is 0. The summed E-state index contributed by atoms with van der Waals surface area (Å²) in [7, 11) is 0. The Morgan fingerprint density at radius 1 is 1.00 bits per heavy atom. The van der Waals surface area contributed by atoms with Crippen LogP contribution in [0.25, 0.3) is 33.6 Å². The normalized spacial score (nSPS) is 16.4. The maximum atomic E-state index is 12.4. The summed E-state index contributed by atoms with van der Waals surface area (Å²) in [5, 5.41) is 19.0. The summed E-state index contributed by atoms with van der Waals surface area (Å²) in [5.41, 5.74) is 9.52. The van der Waals surface area contributed by atoms with Crippen LogP contribution >= 0.6 is 0 Å². The van der Waals surface area contributed by atoms with Crippen LogP contribution in [0.4, 0.5) is 0 Å². The third-order valence-electron chi connectivity index (χ3n) is 6.91. The molecule has 1 fully saturated rings. The van der Waals surface area contributed by atoms with Crippen LogP contribution in [0.15, 0.2) is 77.2 Å². The molecule has 0 aliphatic carbocycles. The lowest BCUT2D eigenvalue weighted by atomic mass is 10.2. The number of aliphatic hydroxyl groups excluding tert-OH is 1. The van der Waals surface area contributed by atoms with E-state index < -0.39 is 18.2 Å². The number of hydrogen-bond acceptors (Lipinski definition) is 9. The van der Waals surface area contributed by atoms with Crippen LogP contribution < -0.4 is 10.5 Å². The van der Waals surface area contributed by atoms with Crippen molar-refractivity contribution in [1.29, 1.82) is 0 Å². The summed E-state index contributed by atoms with van der Waals surface area (Å²) in [5.74, 6) is 0.689. The Labute approximate surface area is 224 Å². The second-order valence-electron chi connectivity index (χ2n) is 9.61. The number of β-amino-alcohol motifs (C(OH)–C–C–N with tert-alkyl or cyclic N) is 1. The number of piperazine rings is 1. The Hall–Kier alpha value is -4.32. The zero-order valence-electron chi connectivity index (χ0n) is 21.3. The molecule has 3 N–H and O–H groups in total. The van der Waals surface area contributed by atoms with Gasteiger partial charge in [-0.1, -0.05) is 35.5 Å². The topological polar surface area (TPSA) is 136 Å². The van der Waals surface area contributed by atoms with Crippen molar-refractivity contribution in [3.8, 4) is 17.2 Å². The van der Waals surface area contributed by atoms with Crippen molar-refractivity contribution in [3.05, 3.63) is 72.8 Å². The van der Waals surface area contributed by atoms with Crippen LogP contribution in [0.1, 0.15) is 6.17 Å². The van der Waals surface area contributed by atoms with Crippen LogP contribution in [0.3, 0.4) is 0 Å². The Bertz CT molecular complexity index is 1580. The van der Waals surface area contributed by atoms with Gasteiger partial charge in [-0.05, 0) is 36.4 Å². The average molecular weight is 528 g/mol. The van der Waals surface area contributed by atoms with Crippen molar-refractivity contribution in [2.75, 3.05) is 39.3 Å². The number of nitrogens with two attached hydrogens (primary N) is 1. The van der Waals surface area contributed by atoms with Crippen LogP contribution in [-0.4, -0.2) is 86.2 Å². The molecule has 0 spiro atoms. The van der Waals surface area contributed by atoms with Gasteiger partial charge in [-0.25, -0.2) is 9.67 Å². The molecule has 0 radical (unpaired) electrons. The highest BCUT2D eigenvalue weighted by atomic mass is 16.5. The van der Waals surface area contributed by atoms with Crippen LogP contribution in [0.2, 0.25) is 0 Å². The number of nitrogens with zero attached hydrogens (tertiary/aromatic N) is 6. The predicted molar refractivity (Wildman–Crippen MR) is 145 cm³/mol. The number of ether oxygens (including phenoxy) is 1. The largest absolute Gasteiger partial charge is 0.491 e. The van der Waals surface area contributed by atoms with Gasteiger partial charge in [-0.3, -0.25) is 14.6 Å². The van der Waals surface area contributed by atoms with Crippen LogP contribution in [0, 0.1) is 0 Å². The van der Waals surface area contributed by atoms with Gasteiger partial charge in [0.25, 0.3) is 5.91 Å². The van der Waals surface area contributed by atoms with E-state index >= 15 is 0 Å². The molecule has 200 valence electrons. The molecule has 3 aromatic carbocycles. The molecule has 2 atom stereocenters. The van der Waals surface area contributed by atoms with E-state index in [0.717, 1.165) is 11.1 Å². The standard InChI is InChI=1S/C28H29N7O4/c29-26(37)28(35-24-9-5-4-8-22(24)31-32-35)34-14-12-33(13-15-34)17-20(36)18-38-21-10-11-25-23(16-21)30-27(39-25)19-6-2-1-3-7-19/h1-11,16,20,28,36H,12-15,17-18H2,(H2,29,37)/t20-,28?/m1/s1. The lowest BCUT2D eigenvalue weighted by Gasteiger charge is -2.38. The molecule has 5 aromatic rings. The molecule has 1 saturated heterocycles. The first-order valence-corrected chi connectivity index (χ1v) is 12.9. The molecule has 39 heavy (non-hydrogen) atoms. The van der Waals surface area contributed by atoms with E-state index in [1.54, 1.807) is 4.68 Å². The molecular weight excluding hydrogens is 498 g/mol. The summed E-state index contributed by atoms with van der Waals surface area (Å²) in [6.45, 7) is 3.13. The Balaban J connectivity index is 1.03. The van der Waals surface area contributed by atoms with Crippen LogP contribution in [0.5, 0.6) is 5.75 Å². The number of hydrogen-bond donors (Lipinski definition) is 2. The van der Waals surface area contributed by atoms with E-state index in [-0.39, 0.29) is 6.61 Å². The number of rotatable bonds is 9. The quantitative estimate of drug-likeness (QED) is 0.296. The van der Waals surface area contributed by atoms with Crippen molar-refractivity contribution in [3.63, 3.8) is 0 Å². The first-order valence-electron chi connectivity index (χ1n) is 12.9. The van der Waals surface area contributed by atoms with Crippen LogP contribution in [-0.2, 0) is 4.79 Å². The monoisotopic (exact) mass is 527 g/mol. The summed E-state index contributed by atoms with van der Waals surface area (Å²) < 4.78 is 13.3. The lowest BCUT2D eigenvalue weighted by Crippen LogP contribution is -2.53. The molecule has 1 unspecified atom stereocenters. The third-order valence-corrected chi connectivity index (χ3v) is 6.91. The number of fused-ring (bicyclic) bond motifs is 2. The van der Waals surface area contributed by atoms with Crippen molar-refractivity contribution in [2.45, 2.75) is 12.3 Å². The highest BCUT2D eigenvalue weighted by Gasteiger charge is 2.31. The minimum absolute atomic E-state index is 0.143. The van der Waals surface area contributed by atoms with Crippen molar-refractivity contribution in [1.82, 2.24) is 29.8 Å². The van der Waals surface area contributed by atoms with Gasteiger partial charge < -0.3 is 20.0 Å². The number of aliphatic hydroxyl groups is 1. The third kappa shape index (κ3) is 5.32.